The number of furan rings is 1. The molecule has 158 valence electrons. The Morgan fingerprint density at radius 2 is 2.06 bits per heavy atom. The van der Waals surface area contributed by atoms with Gasteiger partial charge in [0.2, 0.25) is 0 Å². The van der Waals surface area contributed by atoms with Gasteiger partial charge in [-0.25, -0.2) is 4.68 Å². The lowest BCUT2D eigenvalue weighted by Crippen LogP contribution is -2.26. The second-order valence-electron chi connectivity index (χ2n) is 6.90. The van der Waals surface area contributed by atoms with E-state index in [1.54, 1.807) is 18.3 Å². The van der Waals surface area contributed by atoms with Crippen LogP contribution in [-0.2, 0) is 0 Å². The van der Waals surface area contributed by atoms with Crippen LogP contribution in [0.1, 0.15) is 36.0 Å². The Bertz CT molecular complexity index is 1240. The van der Waals surface area contributed by atoms with Gasteiger partial charge in [-0.1, -0.05) is 12.1 Å². The minimum atomic E-state index is -0.470. The Kier molecular flexibility index (Phi) is 5.40. The number of hydrogen-bond acceptors (Lipinski definition) is 6. The molecule has 0 saturated carbocycles. The molecule has 2 aromatic heterocycles. The van der Waals surface area contributed by atoms with E-state index in [1.807, 2.05) is 38.1 Å². The second kappa shape index (κ2) is 8.31. The molecule has 1 atom stereocenters. The fraction of sp³-hybridized carbons (Fsp3) is 0.182. The van der Waals surface area contributed by atoms with E-state index in [0.29, 0.717) is 35.0 Å². The lowest BCUT2D eigenvalue weighted by molar-refractivity contribution is -0.384. The third kappa shape index (κ3) is 4.11. The standard InChI is InChI=1S/C22H20N4O5/c1-3-30-19-6-4-5-15-11-20(31-21(15)19)14(2)24-22(27)16-12-23-25(13-16)17-7-9-18(10-8-17)26(28)29/h4-14H,3H2,1-2H3,(H,24,27). The number of non-ortho nitro benzene ring substituents is 1. The first-order valence-electron chi connectivity index (χ1n) is 9.72. The Hall–Kier alpha value is -4.14. The number of fused-ring (bicyclic) bond motifs is 1. The quantitative estimate of drug-likeness (QED) is 0.350. The number of nitrogens with one attached hydrogen (secondary N) is 1. The van der Waals surface area contributed by atoms with Gasteiger partial charge in [0.25, 0.3) is 11.6 Å². The van der Waals surface area contributed by atoms with Crippen LogP contribution in [0.25, 0.3) is 16.7 Å². The Labute approximate surface area is 177 Å². The van der Waals surface area contributed by atoms with Crippen molar-refractivity contribution in [3.05, 3.63) is 82.4 Å². The molecular weight excluding hydrogens is 400 g/mol. The third-order valence-corrected chi connectivity index (χ3v) is 4.77. The first-order valence-corrected chi connectivity index (χ1v) is 9.72. The number of rotatable bonds is 7. The van der Waals surface area contributed by atoms with Gasteiger partial charge in [-0.2, -0.15) is 5.10 Å². The van der Waals surface area contributed by atoms with E-state index >= 15 is 0 Å². The molecular formula is C22H20N4O5. The van der Waals surface area contributed by atoms with Crippen molar-refractivity contribution >= 4 is 22.6 Å². The van der Waals surface area contributed by atoms with Crippen LogP contribution in [0.4, 0.5) is 5.69 Å². The van der Waals surface area contributed by atoms with E-state index in [4.69, 9.17) is 9.15 Å². The van der Waals surface area contributed by atoms with Gasteiger partial charge in [-0.3, -0.25) is 14.9 Å². The van der Waals surface area contributed by atoms with Gasteiger partial charge in [0.05, 0.1) is 35.0 Å². The summed E-state index contributed by atoms with van der Waals surface area (Å²) < 4.78 is 13.0. The topological polar surface area (TPSA) is 112 Å². The van der Waals surface area contributed by atoms with Crippen molar-refractivity contribution in [1.29, 1.82) is 0 Å². The van der Waals surface area contributed by atoms with Crippen molar-refractivity contribution in [2.75, 3.05) is 6.61 Å². The highest BCUT2D eigenvalue weighted by atomic mass is 16.6. The maximum absolute atomic E-state index is 12.7. The second-order valence-corrected chi connectivity index (χ2v) is 6.90. The monoisotopic (exact) mass is 420 g/mol. The molecule has 1 unspecified atom stereocenters. The summed E-state index contributed by atoms with van der Waals surface area (Å²) in [5.41, 5.74) is 1.60. The molecule has 4 aromatic rings. The number of carbonyl (C=O) groups is 1. The predicted molar refractivity (Wildman–Crippen MR) is 113 cm³/mol. The number of aromatic nitrogens is 2. The van der Waals surface area contributed by atoms with Crippen LogP contribution in [0.15, 0.2) is 65.3 Å². The molecule has 0 aliphatic carbocycles. The smallest absolute Gasteiger partial charge is 0.269 e. The minimum Gasteiger partial charge on any atom is -0.490 e. The van der Waals surface area contributed by atoms with Crippen LogP contribution in [-0.4, -0.2) is 27.2 Å². The summed E-state index contributed by atoms with van der Waals surface area (Å²) in [4.78, 5) is 23.0. The van der Waals surface area contributed by atoms with Gasteiger partial charge in [0, 0.05) is 23.7 Å². The van der Waals surface area contributed by atoms with E-state index < -0.39 is 4.92 Å². The Balaban J connectivity index is 1.49. The Morgan fingerprint density at radius 1 is 1.29 bits per heavy atom. The average molecular weight is 420 g/mol. The first-order chi connectivity index (χ1) is 15.0. The van der Waals surface area contributed by atoms with Gasteiger partial charge >= 0.3 is 0 Å². The normalized spacial score (nSPS) is 11.9. The van der Waals surface area contributed by atoms with Crippen molar-refractivity contribution < 1.29 is 18.9 Å². The molecule has 9 heteroatoms. The zero-order valence-corrected chi connectivity index (χ0v) is 16.9. The number of nitro groups is 1. The van der Waals surface area contributed by atoms with Crippen LogP contribution in [0.5, 0.6) is 5.75 Å². The van der Waals surface area contributed by atoms with Gasteiger partial charge < -0.3 is 14.5 Å². The van der Waals surface area contributed by atoms with Crippen LogP contribution in [0.3, 0.4) is 0 Å². The summed E-state index contributed by atoms with van der Waals surface area (Å²) in [7, 11) is 0. The molecule has 1 amide bonds. The predicted octanol–water partition coefficient (Wildman–Crippen LogP) is 4.42. The number of benzene rings is 2. The highest BCUT2D eigenvalue weighted by Gasteiger charge is 2.18. The number of carbonyl (C=O) groups excluding carboxylic acids is 1. The van der Waals surface area contributed by atoms with Gasteiger partial charge in [0.15, 0.2) is 11.3 Å². The molecule has 31 heavy (non-hydrogen) atoms. The number of nitro benzene ring substituents is 1. The summed E-state index contributed by atoms with van der Waals surface area (Å²) in [5, 5.41) is 18.8. The summed E-state index contributed by atoms with van der Waals surface area (Å²) in [6.45, 7) is 4.26. The molecule has 0 fully saturated rings. The minimum absolute atomic E-state index is 0.0129. The van der Waals surface area contributed by atoms with E-state index in [1.165, 1.54) is 23.0 Å². The zero-order valence-electron chi connectivity index (χ0n) is 16.9. The van der Waals surface area contributed by atoms with E-state index in [2.05, 4.69) is 10.4 Å². The van der Waals surface area contributed by atoms with Crippen LogP contribution in [0.2, 0.25) is 0 Å². The SMILES string of the molecule is CCOc1cccc2cc(C(C)NC(=O)c3cnn(-c4ccc([N+](=O)[O-])cc4)c3)oc12. The molecule has 1 N–H and O–H groups in total. The molecule has 0 aliphatic heterocycles. The molecule has 4 rings (SSSR count). The van der Waals surface area contributed by atoms with Crippen molar-refractivity contribution in [1.82, 2.24) is 15.1 Å². The Morgan fingerprint density at radius 3 is 2.77 bits per heavy atom. The molecule has 0 radical (unpaired) electrons. The number of para-hydroxylation sites is 1. The molecule has 0 spiro atoms. The molecule has 2 heterocycles. The van der Waals surface area contributed by atoms with E-state index in [-0.39, 0.29) is 17.6 Å². The van der Waals surface area contributed by atoms with Gasteiger partial charge in [0.1, 0.15) is 5.76 Å². The largest absolute Gasteiger partial charge is 0.490 e. The fourth-order valence-electron chi connectivity index (χ4n) is 3.20. The van der Waals surface area contributed by atoms with Crippen molar-refractivity contribution in [2.24, 2.45) is 0 Å². The lowest BCUT2D eigenvalue weighted by Gasteiger charge is -2.10. The van der Waals surface area contributed by atoms with Crippen LogP contribution in [0, 0.1) is 10.1 Å². The maximum Gasteiger partial charge on any atom is 0.269 e. The highest BCUT2D eigenvalue weighted by molar-refractivity contribution is 5.94. The van der Waals surface area contributed by atoms with E-state index in [0.717, 1.165) is 5.39 Å². The molecule has 9 nitrogen and oxygen atoms in total. The fourth-order valence-corrected chi connectivity index (χ4v) is 3.20. The molecule has 0 bridgehead atoms. The van der Waals surface area contributed by atoms with Crippen molar-refractivity contribution in [2.45, 2.75) is 19.9 Å². The first kappa shape index (κ1) is 20.1. The van der Waals surface area contributed by atoms with Crippen molar-refractivity contribution in [3.8, 4) is 11.4 Å². The summed E-state index contributed by atoms with van der Waals surface area (Å²) in [6.07, 6.45) is 3.00. The molecule has 0 saturated heterocycles. The summed E-state index contributed by atoms with van der Waals surface area (Å²) in [5.74, 6) is 0.957. The van der Waals surface area contributed by atoms with Gasteiger partial charge in [-0.15, -0.1) is 0 Å². The molecule has 0 aliphatic rings. The maximum atomic E-state index is 12.7. The van der Waals surface area contributed by atoms with Crippen LogP contribution >= 0.6 is 0 Å². The third-order valence-electron chi connectivity index (χ3n) is 4.77. The summed E-state index contributed by atoms with van der Waals surface area (Å²) >= 11 is 0. The van der Waals surface area contributed by atoms with Gasteiger partial charge in [-0.05, 0) is 38.1 Å². The van der Waals surface area contributed by atoms with E-state index in [9.17, 15) is 14.9 Å². The number of ether oxygens (including phenoxy) is 1. The van der Waals surface area contributed by atoms with Crippen LogP contribution < -0.4 is 10.1 Å². The highest BCUT2D eigenvalue weighted by Crippen LogP contribution is 2.31. The lowest BCUT2D eigenvalue weighted by atomic mass is 10.2. The number of hydrogen-bond donors (Lipinski definition) is 1. The zero-order chi connectivity index (χ0) is 22.0. The number of nitrogens with zero attached hydrogens (tertiary/aromatic N) is 3. The number of amides is 1. The summed E-state index contributed by atoms with van der Waals surface area (Å²) in [6, 6.07) is 13.1. The average Bonchev–Trinajstić information content (AvgIpc) is 3.42. The van der Waals surface area contributed by atoms with Crippen molar-refractivity contribution in [3.63, 3.8) is 0 Å². The molecule has 2 aromatic carbocycles.